The number of hydrogen-bond acceptors (Lipinski definition) is 4. The van der Waals surface area contributed by atoms with Crippen molar-refractivity contribution in [3.05, 3.63) is 0 Å². The van der Waals surface area contributed by atoms with Crippen molar-refractivity contribution in [1.29, 1.82) is 0 Å². The number of hydrogen-bond donors (Lipinski definition) is 1. The number of ether oxygens (including phenoxy) is 1. The molecule has 1 N–H and O–H groups in total. The fourth-order valence-corrected chi connectivity index (χ4v) is 3.54. The topological polar surface area (TPSA) is 80.7 Å². The van der Waals surface area contributed by atoms with Crippen LogP contribution in [0.2, 0.25) is 0 Å². The van der Waals surface area contributed by atoms with Crippen molar-refractivity contribution in [3.63, 3.8) is 0 Å². The molecule has 164 valence electrons. The van der Waals surface area contributed by atoms with Gasteiger partial charge in [0.05, 0.1) is 12.4 Å². The Kier molecular flexibility index (Phi) is 22.5. The Bertz CT molecular complexity index is 454. The third-order valence-corrected chi connectivity index (χ3v) is 5.89. The molecular formula is C21H43NaO5S. The first kappa shape index (κ1) is 30.6. The number of rotatable bonds is 19. The van der Waals surface area contributed by atoms with Gasteiger partial charge in [-0.05, 0) is 18.8 Å². The van der Waals surface area contributed by atoms with E-state index < -0.39 is 10.1 Å². The molecule has 7 heteroatoms. The van der Waals surface area contributed by atoms with E-state index >= 15 is 0 Å². The van der Waals surface area contributed by atoms with Gasteiger partial charge in [-0.25, -0.2) is 0 Å². The third kappa shape index (κ3) is 24.4. The molecule has 0 rings (SSSR count). The minimum atomic E-state index is -3.96. The summed E-state index contributed by atoms with van der Waals surface area (Å²) in [6.07, 6.45) is 16.9. The van der Waals surface area contributed by atoms with Crippen LogP contribution in [0.15, 0.2) is 0 Å². The summed E-state index contributed by atoms with van der Waals surface area (Å²) < 4.78 is 34.6. The zero-order valence-corrected chi connectivity index (χ0v) is 18.4. The molecule has 0 aromatic carbocycles. The molecule has 1 atom stereocenters. The first-order chi connectivity index (χ1) is 12.8. The average Bonchev–Trinajstić information content (AvgIpc) is 2.61. The van der Waals surface area contributed by atoms with E-state index in [9.17, 15) is 13.2 Å². The van der Waals surface area contributed by atoms with Crippen LogP contribution in [-0.4, -0.2) is 60.9 Å². The first-order valence-corrected chi connectivity index (χ1v) is 12.6. The molecule has 5 nitrogen and oxygen atoms in total. The second-order valence-electron chi connectivity index (χ2n) is 7.80. The van der Waals surface area contributed by atoms with Crippen LogP contribution in [-0.2, 0) is 19.6 Å². The van der Waals surface area contributed by atoms with Crippen molar-refractivity contribution in [2.75, 3.05) is 12.4 Å². The molecule has 0 aliphatic rings. The Labute approximate surface area is 195 Å². The molecule has 0 aliphatic heterocycles. The maximum atomic E-state index is 11.5. The Balaban J connectivity index is 0. The van der Waals surface area contributed by atoms with Gasteiger partial charge in [0.15, 0.2) is 0 Å². The molecule has 0 saturated carbocycles. The number of esters is 1. The molecule has 0 fully saturated rings. The van der Waals surface area contributed by atoms with Crippen molar-refractivity contribution >= 4 is 45.6 Å². The molecule has 0 spiro atoms. The standard InChI is InChI=1S/C21H42O5S.Na.H/c1-3-20(2)16-13-11-9-7-5-4-6-8-10-12-14-17-21(22)26-18-15-19-27(23,24)25;;/h20H,3-19H2,1-2H3,(H,23,24,25);;. The van der Waals surface area contributed by atoms with Crippen LogP contribution in [0.4, 0.5) is 0 Å². The number of carbonyl (C=O) groups excluding carboxylic acids is 1. The zero-order valence-electron chi connectivity index (χ0n) is 17.6. The van der Waals surface area contributed by atoms with Crippen LogP contribution in [0.25, 0.3) is 0 Å². The minimum absolute atomic E-state index is 0. The summed E-state index contributed by atoms with van der Waals surface area (Å²) in [5.74, 6) is 0.244. The summed E-state index contributed by atoms with van der Waals surface area (Å²) in [6, 6.07) is 0. The van der Waals surface area contributed by atoms with Crippen molar-refractivity contribution < 1.29 is 22.5 Å². The predicted octanol–water partition coefficient (Wildman–Crippen LogP) is 5.28. The van der Waals surface area contributed by atoms with Gasteiger partial charge in [-0.2, -0.15) is 8.42 Å². The Morgan fingerprint density at radius 1 is 0.857 bits per heavy atom. The van der Waals surface area contributed by atoms with E-state index in [1.165, 1.54) is 64.2 Å². The van der Waals surface area contributed by atoms with Crippen molar-refractivity contribution in [2.45, 2.75) is 110 Å². The molecule has 0 saturated heterocycles. The Morgan fingerprint density at radius 3 is 1.79 bits per heavy atom. The fraction of sp³-hybridized carbons (Fsp3) is 0.952. The monoisotopic (exact) mass is 430 g/mol. The maximum absolute atomic E-state index is 11.5. The van der Waals surface area contributed by atoms with Crippen molar-refractivity contribution in [1.82, 2.24) is 0 Å². The molecule has 0 radical (unpaired) electrons. The SMILES string of the molecule is CCC(C)CCCCCCCCCCCCCC(=O)OCCCS(=O)(=O)O.[NaH]. The van der Waals surface area contributed by atoms with E-state index in [1.54, 1.807) is 0 Å². The zero-order chi connectivity index (χ0) is 20.4. The molecule has 1 unspecified atom stereocenters. The van der Waals surface area contributed by atoms with Gasteiger partial charge in [-0.1, -0.05) is 90.9 Å². The van der Waals surface area contributed by atoms with Gasteiger partial charge in [-0.3, -0.25) is 9.35 Å². The normalized spacial score (nSPS) is 12.4. The van der Waals surface area contributed by atoms with E-state index in [1.807, 2.05) is 0 Å². The first-order valence-electron chi connectivity index (χ1n) is 11.0. The summed E-state index contributed by atoms with van der Waals surface area (Å²) in [4.78, 5) is 11.5. The molecule has 0 bridgehead atoms. The molecule has 0 aromatic rings. The van der Waals surface area contributed by atoms with Crippen LogP contribution in [0.1, 0.15) is 110 Å². The van der Waals surface area contributed by atoms with Crippen LogP contribution < -0.4 is 0 Å². The van der Waals surface area contributed by atoms with E-state index in [4.69, 9.17) is 9.29 Å². The molecule has 28 heavy (non-hydrogen) atoms. The quantitative estimate of drug-likeness (QED) is 0.131. The Hall–Kier alpha value is 0.380. The van der Waals surface area contributed by atoms with Gasteiger partial charge in [0.2, 0.25) is 0 Å². The van der Waals surface area contributed by atoms with Crippen LogP contribution in [0.5, 0.6) is 0 Å². The third-order valence-electron chi connectivity index (χ3n) is 5.08. The molecule has 0 aliphatic carbocycles. The summed E-state index contributed by atoms with van der Waals surface area (Å²) >= 11 is 0. The number of unbranched alkanes of at least 4 members (excludes halogenated alkanes) is 10. The summed E-state index contributed by atoms with van der Waals surface area (Å²) in [6.45, 7) is 4.67. The van der Waals surface area contributed by atoms with Crippen LogP contribution >= 0.6 is 0 Å². The van der Waals surface area contributed by atoms with E-state index in [-0.39, 0.29) is 54.3 Å². The van der Waals surface area contributed by atoms with Gasteiger partial charge in [-0.15, -0.1) is 0 Å². The average molecular weight is 431 g/mol. The molecule has 0 heterocycles. The van der Waals surface area contributed by atoms with Crippen LogP contribution in [0, 0.1) is 5.92 Å². The van der Waals surface area contributed by atoms with Gasteiger partial charge >= 0.3 is 35.5 Å². The fourth-order valence-electron chi connectivity index (χ4n) is 3.06. The van der Waals surface area contributed by atoms with Crippen LogP contribution in [0.3, 0.4) is 0 Å². The molecule has 0 aromatic heterocycles. The van der Waals surface area contributed by atoms with Gasteiger partial charge in [0.25, 0.3) is 10.1 Å². The van der Waals surface area contributed by atoms with E-state index in [2.05, 4.69) is 13.8 Å². The summed E-state index contributed by atoms with van der Waals surface area (Å²) in [7, 11) is -3.96. The Morgan fingerprint density at radius 2 is 1.32 bits per heavy atom. The summed E-state index contributed by atoms with van der Waals surface area (Å²) in [5, 5.41) is 0. The molecular weight excluding hydrogens is 387 g/mol. The molecule has 0 amide bonds. The van der Waals surface area contributed by atoms with Crippen molar-refractivity contribution in [3.8, 4) is 0 Å². The summed E-state index contributed by atoms with van der Waals surface area (Å²) in [5.41, 5.74) is 0. The second-order valence-corrected chi connectivity index (χ2v) is 9.37. The van der Waals surface area contributed by atoms with E-state index in [0.717, 1.165) is 25.2 Å². The predicted molar refractivity (Wildman–Crippen MR) is 119 cm³/mol. The number of carbonyl (C=O) groups is 1. The van der Waals surface area contributed by atoms with Gasteiger partial charge < -0.3 is 4.74 Å². The van der Waals surface area contributed by atoms with Gasteiger partial charge in [0.1, 0.15) is 0 Å². The van der Waals surface area contributed by atoms with Crippen molar-refractivity contribution in [2.24, 2.45) is 5.92 Å². The van der Waals surface area contributed by atoms with E-state index in [0.29, 0.717) is 6.42 Å². The second kappa shape index (κ2) is 20.6. The van der Waals surface area contributed by atoms with Gasteiger partial charge in [0, 0.05) is 6.42 Å².